The smallest absolute Gasteiger partial charge is 0.0468 e. The minimum Gasteiger partial charge on any atom is -0.310 e. The third-order valence-electron chi connectivity index (χ3n) is 14.5. The van der Waals surface area contributed by atoms with Crippen LogP contribution in [0, 0.1) is 0 Å². The minimum absolute atomic E-state index is 0.172. The molecule has 0 aromatic heterocycles. The van der Waals surface area contributed by atoms with E-state index in [9.17, 15) is 0 Å². The van der Waals surface area contributed by atoms with Gasteiger partial charge in [0, 0.05) is 27.9 Å². The molecule has 12 rings (SSSR count). The average Bonchev–Trinajstić information content (AvgIpc) is 3.72. The molecule has 0 amide bonds. The molecule has 0 saturated heterocycles. The van der Waals surface area contributed by atoms with Crippen LogP contribution in [0.3, 0.4) is 0 Å². The third-order valence-corrected chi connectivity index (χ3v) is 14.5. The Bertz CT molecular complexity index is 3450. The van der Waals surface area contributed by atoms with Gasteiger partial charge in [-0.05, 0) is 148 Å². The number of hydrogen-bond donors (Lipinski definition) is 0. The van der Waals surface area contributed by atoms with Gasteiger partial charge in [0.1, 0.15) is 0 Å². The maximum atomic E-state index is 2.47. The van der Waals surface area contributed by atoms with Crippen molar-refractivity contribution in [2.45, 2.75) is 38.5 Å². The highest BCUT2D eigenvalue weighted by atomic mass is 15.1. The average molecular weight is 832 g/mol. The first-order chi connectivity index (χ1) is 31.7. The van der Waals surface area contributed by atoms with E-state index in [1.807, 2.05) is 0 Å². The summed E-state index contributed by atoms with van der Waals surface area (Å²) in [6, 6.07) is 83.3. The lowest BCUT2D eigenvalue weighted by molar-refractivity contribution is 0.660. The van der Waals surface area contributed by atoms with E-state index in [1.165, 1.54) is 99.8 Å². The van der Waals surface area contributed by atoms with Crippen molar-refractivity contribution < 1.29 is 0 Å². The van der Waals surface area contributed by atoms with Gasteiger partial charge < -0.3 is 4.90 Å². The highest BCUT2D eigenvalue weighted by Crippen LogP contribution is 2.54. The molecule has 10 aromatic carbocycles. The highest BCUT2D eigenvalue weighted by Gasteiger charge is 2.38. The SMILES string of the molecule is CC1(C)c2cc(-c3ccccc3)ccc2-c2ccc(N(c3ccc4c(c3)C(C)(C)c3cc(-c5ccc(-c6ccc(-c7ccccc7)cc6)cc5)ccc3-4)c3ccc4ccccc4c3)cc21. The quantitative estimate of drug-likeness (QED) is 0.155. The second-order valence-corrected chi connectivity index (χ2v) is 19.0. The molecular formula is C64H49N. The van der Waals surface area contributed by atoms with Crippen molar-refractivity contribution in [3.8, 4) is 66.8 Å². The van der Waals surface area contributed by atoms with Gasteiger partial charge in [-0.25, -0.2) is 0 Å². The fourth-order valence-corrected chi connectivity index (χ4v) is 10.8. The zero-order chi connectivity index (χ0) is 43.9. The molecule has 0 fully saturated rings. The number of anilines is 3. The van der Waals surface area contributed by atoms with Crippen LogP contribution in [0.15, 0.2) is 224 Å². The van der Waals surface area contributed by atoms with E-state index in [1.54, 1.807) is 0 Å². The van der Waals surface area contributed by atoms with Gasteiger partial charge in [0.05, 0.1) is 0 Å². The van der Waals surface area contributed by atoms with Crippen LogP contribution < -0.4 is 4.90 Å². The molecule has 0 atom stereocenters. The lowest BCUT2D eigenvalue weighted by Gasteiger charge is -2.30. The van der Waals surface area contributed by atoms with Gasteiger partial charge >= 0.3 is 0 Å². The molecule has 0 aliphatic heterocycles. The van der Waals surface area contributed by atoms with Crippen LogP contribution in [0.5, 0.6) is 0 Å². The van der Waals surface area contributed by atoms with Crippen LogP contribution >= 0.6 is 0 Å². The normalized spacial score (nSPS) is 13.8. The first-order valence-corrected chi connectivity index (χ1v) is 22.9. The molecule has 1 nitrogen and oxygen atoms in total. The van der Waals surface area contributed by atoms with Gasteiger partial charge in [-0.1, -0.05) is 204 Å². The second kappa shape index (κ2) is 14.9. The second-order valence-electron chi connectivity index (χ2n) is 19.0. The summed E-state index contributed by atoms with van der Waals surface area (Å²) in [4.78, 5) is 2.47. The van der Waals surface area contributed by atoms with Crippen molar-refractivity contribution in [2.24, 2.45) is 0 Å². The summed E-state index contributed by atoms with van der Waals surface area (Å²) in [7, 11) is 0. The van der Waals surface area contributed by atoms with Crippen LogP contribution in [0.1, 0.15) is 49.9 Å². The molecule has 0 bridgehead atoms. The Hall–Kier alpha value is -7.74. The maximum Gasteiger partial charge on any atom is 0.0468 e. The standard InChI is InChI=1S/C64H49N/c1-63(2)59-38-50(43-15-9-6-10-16-43)28-33-55(59)57-35-31-53(40-61(57)63)65(52-30-27-44-17-11-12-18-49(44)37-52)54-32-36-58-56-34-29-51(39-60(56)64(3,4)62(58)41-54)48-25-23-47(24-26-48)46-21-19-45(20-22-46)42-13-7-5-8-14-42/h5-41H,1-4H3. The molecule has 0 N–H and O–H groups in total. The summed E-state index contributed by atoms with van der Waals surface area (Å²) < 4.78 is 0. The number of hydrogen-bond acceptors (Lipinski definition) is 1. The predicted molar refractivity (Wildman–Crippen MR) is 276 cm³/mol. The summed E-state index contributed by atoms with van der Waals surface area (Å²) in [6.07, 6.45) is 0. The molecular weight excluding hydrogens is 783 g/mol. The molecule has 310 valence electrons. The molecule has 1 heteroatoms. The molecule has 0 radical (unpaired) electrons. The molecule has 2 aliphatic carbocycles. The van der Waals surface area contributed by atoms with Crippen molar-refractivity contribution in [3.63, 3.8) is 0 Å². The molecule has 0 spiro atoms. The van der Waals surface area contributed by atoms with Crippen molar-refractivity contribution >= 4 is 27.8 Å². The van der Waals surface area contributed by atoms with Crippen LogP contribution in [0.2, 0.25) is 0 Å². The fraction of sp³-hybridized carbons (Fsp3) is 0.0938. The van der Waals surface area contributed by atoms with E-state index in [2.05, 4.69) is 257 Å². The Morgan fingerprint density at radius 2 is 0.554 bits per heavy atom. The monoisotopic (exact) mass is 831 g/mol. The highest BCUT2D eigenvalue weighted by molar-refractivity contribution is 5.93. The van der Waals surface area contributed by atoms with E-state index in [0.717, 1.165) is 17.1 Å². The van der Waals surface area contributed by atoms with E-state index in [4.69, 9.17) is 0 Å². The fourth-order valence-electron chi connectivity index (χ4n) is 10.8. The summed E-state index contributed by atoms with van der Waals surface area (Å²) in [5.41, 5.74) is 23.7. The van der Waals surface area contributed by atoms with Crippen molar-refractivity contribution in [1.82, 2.24) is 0 Å². The molecule has 0 unspecified atom stereocenters. The minimum atomic E-state index is -0.204. The lowest BCUT2D eigenvalue weighted by atomic mass is 9.81. The Balaban J connectivity index is 0.897. The summed E-state index contributed by atoms with van der Waals surface area (Å²) in [6.45, 7) is 9.57. The zero-order valence-electron chi connectivity index (χ0n) is 37.3. The van der Waals surface area contributed by atoms with Gasteiger partial charge in [-0.15, -0.1) is 0 Å². The van der Waals surface area contributed by atoms with Crippen molar-refractivity contribution in [3.05, 3.63) is 247 Å². The predicted octanol–water partition coefficient (Wildman–Crippen LogP) is 17.6. The first-order valence-electron chi connectivity index (χ1n) is 22.9. The summed E-state index contributed by atoms with van der Waals surface area (Å²) >= 11 is 0. The lowest BCUT2D eigenvalue weighted by Crippen LogP contribution is -2.18. The number of rotatable bonds is 7. The Kier molecular flexibility index (Phi) is 8.94. The van der Waals surface area contributed by atoms with Gasteiger partial charge in [0.15, 0.2) is 0 Å². The molecule has 2 aliphatic rings. The molecule has 0 saturated carbocycles. The Morgan fingerprint density at radius 3 is 1.02 bits per heavy atom. The Labute approximate surface area is 383 Å². The first kappa shape index (κ1) is 38.9. The van der Waals surface area contributed by atoms with E-state index >= 15 is 0 Å². The van der Waals surface area contributed by atoms with Crippen LogP contribution in [0.4, 0.5) is 17.1 Å². The van der Waals surface area contributed by atoms with E-state index in [-0.39, 0.29) is 10.8 Å². The van der Waals surface area contributed by atoms with E-state index in [0.29, 0.717) is 0 Å². The topological polar surface area (TPSA) is 3.24 Å². The van der Waals surface area contributed by atoms with Crippen LogP contribution in [-0.4, -0.2) is 0 Å². The Morgan fingerprint density at radius 1 is 0.246 bits per heavy atom. The van der Waals surface area contributed by atoms with Crippen molar-refractivity contribution in [1.29, 1.82) is 0 Å². The number of benzene rings is 10. The number of fused-ring (bicyclic) bond motifs is 7. The van der Waals surface area contributed by atoms with Gasteiger partial charge in [-0.2, -0.15) is 0 Å². The summed E-state index contributed by atoms with van der Waals surface area (Å²) in [5, 5.41) is 2.47. The van der Waals surface area contributed by atoms with Gasteiger partial charge in [0.2, 0.25) is 0 Å². The van der Waals surface area contributed by atoms with Crippen LogP contribution in [-0.2, 0) is 10.8 Å². The maximum absolute atomic E-state index is 2.47. The van der Waals surface area contributed by atoms with Crippen LogP contribution in [0.25, 0.3) is 77.5 Å². The largest absolute Gasteiger partial charge is 0.310 e. The molecule has 65 heavy (non-hydrogen) atoms. The summed E-state index contributed by atoms with van der Waals surface area (Å²) in [5.74, 6) is 0. The van der Waals surface area contributed by atoms with Gasteiger partial charge in [-0.3, -0.25) is 0 Å². The third kappa shape index (κ3) is 6.45. The molecule has 0 heterocycles. The van der Waals surface area contributed by atoms with E-state index < -0.39 is 0 Å². The van der Waals surface area contributed by atoms with Gasteiger partial charge in [0.25, 0.3) is 0 Å². The number of nitrogens with zero attached hydrogens (tertiary/aromatic N) is 1. The zero-order valence-corrected chi connectivity index (χ0v) is 37.3. The molecule has 10 aromatic rings. The van der Waals surface area contributed by atoms with Crippen molar-refractivity contribution in [2.75, 3.05) is 4.90 Å².